The van der Waals surface area contributed by atoms with Crippen LogP contribution in [-0.2, 0) is 44.7 Å². The second-order valence-electron chi connectivity index (χ2n) is 9.94. The number of hydrogen-bond acceptors (Lipinski definition) is 17. The van der Waals surface area contributed by atoms with E-state index in [2.05, 4.69) is 30.0 Å². The van der Waals surface area contributed by atoms with Gasteiger partial charge in [-0.05, 0) is 30.3 Å². The number of anilines is 1. The lowest BCUT2D eigenvalue weighted by molar-refractivity contribution is 0.283. The predicted molar refractivity (Wildman–Crippen MR) is 179 cm³/mol. The molecule has 4 aromatic rings. The number of methoxy groups -OCH3 is 2. The number of hydrogen-bond donors (Lipinski definition) is 5. The fourth-order valence-corrected chi connectivity index (χ4v) is 7.44. The molecule has 0 heterocycles. The van der Waals surface area contributed by atoms with Crippen molar-refractivity contribution in [3.63, 3.8) is 0 Å². The smallest absolute Gasteiger partial charge is 0.397 e. The molecule has 0 amide bonds. The van der Waals surface area contributed by atoms with E-state index in [4.69, 9.17) is 14.0 Å². The summed E-state index contributed by atoms with van der Waals surface area (Å²) in [6.45, 7) is -0.940. The van der Waals surface area contributed by atoms with Gasteiger partial charge in [0.2, 0.25) is 0 Å². The minimum atomic E-state index is -5.18. The zero-order chi connectivity index (χ0) is 37.9. The lowest BCUT2D eigenvalue weighted by atomic mass is 10.1. The minimum absolute atomic E-state index is 0.0922. The summed E-state index contributed by atoms with van der Waals surface area (Å²) >= 11 is 0. The van der Waals surface area contributed by atoms with Gasteiger partial charge in [0, 0.05) is 30.0 Å². The Hall–Kier alpha value is -4.82. The van der Waals surface area contributed by atoms with Crippen LogP contribution in [0.4, 0.5) is 28.4 Å². The van der Waals surface area contributed by atoms with E-state index in [0.29, 0.717) is 0 Å². The summed E-state index contributed by atoms with van der Waals surface area (Å²) in [7, 11) is -15.5. The summed E-state index contributed by atoms with van der Waals surface area (Å²) in [4.78, 5) is -2.05. The number of ether oxygens (including phenoxy) is 2. The molecule has 51 heavy (non-hydrogen) atoms. The lowest BCUT2D eigenvalue weighted by Gasteiger charge is -2.14. The number of phenolic OH excluding ortho intramolecular Hbond substituents is 1. The van der Waals surface area contributed by atoms with Gasteiger partial charge in [0.15, 0.2) is 15.6 Å². The Morgan fingerprint density at radius 2 is 1.27 bits per heavy atom. The van der Waals surface area contributed by atoms with Gasteiger partial charge in [-0.25, -0.2) is 12.6 Å². The fraction of sp³-hybridized carbons (Fsp3) is 0.185. The first-order valence-electron chi connectivity index (χ1n) is 13.7. The highest BCUT2D eigenvalue weighted by atomic mass is 32.3. The van der Waals surface area contributed by atoms with Gasteiger partial charge >= 0.3 is 10.4 Å². The summed E-state index contributed by atoms with van der Waals surface area (Å²) in [6, 6.07) is 10.7. The molecule has 0 spiro atoms. The van der Waals surface area contributed by atoms with Crippen molar-refractivity contribution >= 4 is 79.7 Å². The zero-order valence-corrected chi connectivity index (χ0v) is 29.6. The number of nitrogens with zero attached hydrogens (tertiary/aromatic N) is 4. The van der Waals surface area contributed by atoms with Crippen LogP contribution < -0.4 is 14.8 Å². The molecule has 4 rings (SSSR count). The molecule has 0 atom stereocenters. The minimum Gasteiger partial charge on any atom is -0.505 e. The number of fused-ring (bicyclic) bond motifs is 1. The van der Waals surface area contributed by atoms with Gasteiger partial charge in [0.25, 0.3) is 20.2 Å². The third-order valence-electron chi connectivity index (χ3n) is 6.80. The van der Waals surface area contributed by atoms with Crippen molar-refractivity contribution in [2.24, 2.45) is 20.5 Å². The zero-order valence-electron chi connectivity index (χ0n) is 26.3. The number of nitrogens with one attached hydrogen (secondary N) is 1. The topological polar surface area (TPSA) is 307 Å². The van der Waals surface area contributed by atoms with E-state index in [1.165, 1.54) is 37.4 Å². The van der Waals surface area contributed by atoms with Crippen LogP contribution in [0.25, 0.3) is 10.8 Å². The van der Waals surface area contributed by atoms with Crippen LogP contribution in [0.2, 0.25) is 0 Å². The number of rotatable bonds is 14. The Morgan fingerprint density at radius 3 is 1.86 bits per heavy atom. The van der Waals surface area contributed by atoms with Crippen LogP contribution in [0.3, 0.4) is 0 Å². The molecular formula is C27H27N5O15S4. The Labute approximate surface area is 290 Å². The van der Waals surface area contributed by atoms with E-state index in [9.17, 15) is 47.9 Å². The molecule has 0 aliphatic rings. The maximum Gasteiger partial charge on any atom is 0.397 e. The first-order valence-corrected chi connectivity index (χ1v) is 19.6. The highest BCUT2D eigenvalue weighted by Crippen LogP contribution is 2.47. The molecule has 0 radical (unpaired) electrons. The van der Waals surface area contributed by atoms with E-state index in [1.54, 1.807) is 0 Å². The number of phenols is 1. The van der Waals surface area contributed by atoms with Crippen molar-refractivity contribution in [3.05, 3.63) is 54.6 Å². The number of azo groups is 2. The Bertz CT molecular complexity index is 2520. The van der Waals surface area contributed by atoms with Crippen LogP contribution >= 0.6 is 0 Å². The van der Waals surface area contributed by atoms with E-state index >= 15 is 0 Å². The third kappa shape index (κ3) is 8.92. The second-order valence-corrected chi connectivity index (χ2v) is 15.9. The van der Waals surface area contributed by atoms with Crippen LogP contribution in [0.1, 0.15) is 0 Å². The molecule has 0 aromatic heterocycles. The van der Waals surface area contributed by atoms with Crippen LogP contribution in [0.5, 0.6) is 17.2 Å². The Kier molecular flexibility index (Phi) is 11.3. The molecule has 5 N–H and O–H groups in total. The third-order valence-corrected chi connectivity index (χ3v) is 10.7. The van der Waals surface area contributed by atoms with Gasteiger partial charge in [-0.2, -0.15) is 25.3 Å². The lowest BCUT2D eigenvalue weighted by Crippen LogP contribution is -2.16. The van der Waals surface area contributed by atoms with Crippen molar-refractivity contribution < 1.29 is 66.1 Å². The quantitative estimate of drug-likeness (QED) is 0.0866. The summed E-state index contributed by atoms with van der Waals surface area (Å²) in [6.07, 6.45) is 0. The molecular weight excluding hydrogens is 763 g/mol. The van der Waals surface area contributed by atoms with E-state index in [0.717, 1.165) is 38.5 Å². The highest BCUT2D eigenvalue weighted by molar-refractivity contribution is 7.91. The molecule has 0 saturated heterocycles. The Morgan fingerprint density at radius 1 is 0.667 bits per heavy atom. The molecule has 0 fully saturated rings. The first-order chi connectivity index (χ1) is 23.7. The number of benzene rings is 4. The summed E-state index contributed by atoms with van der Waals surface area (Å²) in [5.41, 5.74) is -1.24. The molecule has 24 heteroatoms. The van der Waals surface area contributed by atoms with Gasteiger partial charge in [0.1, 0.15) is 48.9 Å². The SMILES string of the molecule is CNc1ccc2c(O)c(N=Nc3cc(OC)c(S(=O)(=O)CCOS(=O)(=O)O)cc3OC)c(S(=O)(=O)O)cc2c1N=Nc1ccccc1S(=O)(=O)O. The van der Waals surface area contributed by atoms with Crippen LogP contribution in [-0.4, -0.2) is 86.1 Å². The standard InChI is InChI=1S/C27H27N5O15S4/c1-28-18-9-8-15-16(25(18)31-29-17-6-4-5-7-22(17)49(36,37)38)12-24(50(39,40)41)26(27(15)33)32-30-19-13-21(46-3)23(14-20(19)45-2)48(34,35)11-10-47-51(42,43)44/h4-9,12-14,28,33H,10-11H2,1-3H3,(H,36,37,38)(H,39,40,41)(H,42,43,44). The molecule has 0 aliphatic carbocycles. The van der Waals surface area contributed by atoms with E-state index in [1.807, 2.05) is 0 Å². The van der Waals surface area contributed by atoms with Crippen molar-refractivity contribution in [1.29, 1.82) is 0 Å². The Balaban J connectivity index is 1.89. The van der Waals surface area contributed by atoms with Gasteiger partial charge in [-0.15, -0.1) is 20.5 Å². The fourth-order valence-electron chi connectivity index (χ4n) is 4.51. The van der Waals surface area contributed by atoms with Gasteiger partial charge < -0.3 is 19.9 Å². The monoisotopic (exact) mass is 789 g/mol. The average molecular weight is 790 g/mol. The van der Waals surface area contributed by atoms with E-state index < -0.39 is 79.0 Å². The van der Waals surface area contributed by atoms with E-state index in [-0.39, 0.29) is 45.0 Å². The average Bonchev–Trinajstić information content (AvgIpc) is 3.04. The number of aromatic hydroxyl groups is 1. The molecule has 0 aliphatic heterocycles. The molecule has 0 unspecified atom stereocenters. The van der Waals surface area contributed by atoms with Crippen LogP contribution in [0.15, 0.2) is 89.7 Å². The van der Waals surface area contributed by atoms with Crippen LogP contribution in [0, 0.1) is 0 Å². The maximum atomic E-state index is 12.9. The van der Waals surface area contributed by atoms with Crippen molar-refractivity contribution in [1.82, 2.24) is 0 Å². The normalized spacial score (nSPS) is 12.9. The molecule has 0 saturated carbocycles. The molecule has 4 aromatic carbocycles. The van der Waals surface area contributed by atoms with Gasteiger partial charge in [-0.1, -0.05) is 12.1 Å². The maximum absolute atomic E-state index is 12.9. The largest absolute Gasteiger partial charge is 0.505 e. The van der Waals surface area contributed by atoms with Crippen molar-refractivity contribution in [2.45, 2.75) is 14.7 Å². The molecule has 274 valence electrons. The summed E-state index contributed by atoms with van der Waals surface area (Å²) in [5.74, 6) is -2.36. The summed E-state index contributed by atoms with van der Waals surface area (Å²) < 4.78 is 139. The van der Waals surface area contributed by atoms with Crippen molar-refractivity contribution in [2.75, 3.05) is 38.9 Å². The summed E-state index contributed by atoms with van der Waals surface area (Å²) in [5, 5.41) is 29.5. The van der Waals surface area contributed by atoms with Gasteiger partial charge in [-0.3, -0.25) is 13.7 Å². The molecule has 0 bridgehead atoms. The number of sulfone groups is 1. The molecule has 20 nitrogen and oxygen atoms in total. The first kappa shape index (κ1) is 39.0. The van der Waals surface area contributed by atoms with Crippen molar-refractivity contribution in [3.8, 4) is 17.2 Å². The highest BCUT2D eigenvalue weighted by Gasteiger charge is 2.26. The second kappa shape index (κ2) is 14.8. The van der Waals surface area contributed by atoms with Gasteiger partial charge in [0.05, 0.1) is 32.3 Å². The predicted octanol–water partition coefficient (Wildman–Crippen LogP) is 4.52.